The fourth-order valence-corrected chi connectivity index (χ4v) is 4.72. The van der Waals surface area contributed by atoms with Crippen molar-refractivity contribution in [1.82, 2.24) is 9.97 Å². The van der Waals surface area contributed by atoms with Gasteiger partial charge in [0.25, 0.3) is 5.56 Å². The highest BCUT2D eigenvalue weighted by molar-refractivity contribution is 7.22. The van der Waals surface area contributed by atoms with Crippen molar-refractivity contribution in [2.24, 2.45) is 0 Å². The number of hydrogen-bond acceptors (Lipinski definition) is 4. The van der Waals surface area contributed by atoms with Gasteiger partial charge in [0.15, 0.2) is 5.82 Å². The maximum Gasteiger partial charge on any atom is 0.269 e. The molecule has 2 aromatic heterocycles. The van der Waals surface area contributed by atoms with Crippen molar-refractivity contribution in [3.8, 4) is 10.4 Å². The summed E-state index contributed by atoms with van der Waals surface area (Å²) in [6, 6.07) is 9.62. The Morgan fingerprint density at radius 2 is 1.96 bits per heavy atom. The normalized spacial score (nSPS) is 23.4. The monoisotopic (exact) mass is 390 g/mol. The summed E-state index contributed by atoms with van der Waals surface area (Å²) in [7, 11) is 0. The summed E-state index contributed by atoms with van der Waals surface area (Å²) in [4.78, 5) is 22.6. The van der Waals surface area contributed by atoms with Gasteiger partial charge in [-0.1, -0.05) is 23.7 Å². The highest BCUT2D eigenvalue weighted by Gasteiger charge is 2.26. The van der Waals surface area contributed by atoms with E-state index in [0.717, 1.165) is 34.9 Å². The van der Waals surface area contributed by atoms with E-state index in [-0.39, 0.29) is 17.8 Å². The van der Waals surface area contributed by atoms with Gasteiger partial charge in [-0.2, -0.15) is 0 Å². The van der Waals surface area contributed by atoms with Crippen molar-refractivity contribution in [1.29, 1.82) is 0 Å². The number of nitrogens with one attached hydrogen (secondary N) is 2. The lowest BCUT2D eigenvalue weighted by Crippen LogP contribution is -3.14. The molecule has 2 N–H and O–H groups in total. The van der Waals surface area contributed by atoms with Crippen molar-refractivity contribution < 1.29 is 9.64 Å². The van der Waals surface area contributed by atoms with E-state index in [1.54, 1.807) is 0 Å². The minimum absolute atomic E-state index is 0.0658. The van der Waals surface area contributed by atoms with Gasteiger partial charge in [0, 0.05) is 9.90 Å². The van der Waals surface area contributed by atoms with Crippen LogP contribution in [0, 0.1) is 0 Å². The molecule has 0 saturated carbocycles. The predicted octanol–water partition coefficient (Wildman–Crippen LogP) is 2.50. The van der Waals surface area contributed by atoms with E-state index in [2.05, 4.69) is 18.8 Å². The van der Waals surface area contributed by atoms with E-state index in [9.17, 15) is 4.79 Å². The molecule has 0 bridgehead atoms. The van der Waals surface area contributed by atoms with Gasteiger partial charge in [-0.3, -0.25) is 4.79 Å². The zero-order valence-corrected chi connectivity index (χ0v) is 16.3. The SMILES string of the molecule is C[C@H]1C[NH+](Cc2nc3cc(-c4ccc(Cl)cc4)sc3c(=O)[nH]2)C[C@H](C)O1. The number of fused-ring (bicyclic) bond motifs is 1. The lowest BCUT2D eigenvalue weighted by Gasteiger charge is -2.32. The molecule has 3 aromatic rings. The maximum atomic E-state index is 12.5. The summed E-state index contributed by atoms with van der Waals surface area (Å²) in [6.45, 7) is 6.73. The molecule has 2 atom stereocenters. The van der Waals surface area contributed by atoms with E-state index < -0.39 is 0 Å². The molecule has 1 aliphatic rings. The molecule has 1 saturated heterocycles. The first-order valence-corrected chi connectivity index (χ1v) is 9.95. The number of quaternary nitrogens is 1. The number of H-pyrrole nitrogens is 1. The van der Waals surface area contributed by atoms with Crippen LogP contribution in [0.3, 0.4) is 0 Å². The molecular formula is C19H21ClN3O2S+. The molecule has 5 nitrogen and oxygen atoms in total. The molecule has 0 amide bonds. The molecule has 26 heavy (non-hydrogen) atoms. The van der Waals surface area contributed by atoms with Crippen LogP contribution >= 0.6 is 22.9 Å². The molecule has 1 aliphatic heterocycles. The third-order valence-electron chi connectivity index (χ3n) is 4.59. The minimum Gasteiger partial charge on any atom is -0.364 e. The molecule has 7 heteroatoms. The zero-order valence-electron chi connectivity index (χ0n) is 14.7. The van der Waals surface area contributed by atoms with Crippen LogP contribution in [0.5, 0.6) is 0 Å². The Labute approximate surface area is 160 Å². The molecule has 4 rings (SSSR count). The standard InChI is InChI=1S/C19H20ClN3O2S/c1-11-8-23(9-12(2)25-11)10-17-21-15-7-16(26-18(15)19(24)22-17)13-3-5-14(20)6-4-13/h3-7,11-12H,8-10H2,1-2H3,(H,21,22,24)/p+1/t11-,12-/m0/s1. The number of nitrogens with zero attached hydrogens (tertiary/aromatic N) is 1. The molecular weight excluding hydrogens is 370 g/mol. The Kier molecular flexibility index (Phi) is 4.84. The summed E-state index contributed by atoms with van der Waals surface area (Å²) in [5.74, 6) is 0.735. The first kappa shape index (κ1) is 17.7. The molecule has 1 fully saturated rings. The Morgan fingerprint density at radius 3 is 2.65 bits per heavy atom. The third-order valence-corrected chi connectivity index (χ3v) is 6.02. The first-order chi connectivity index (χ1) is 12.5. The number of benzene rings is 1. The van der Waals surface area contributed by atoms with E-state index in [1.165, 1.54) is 16.2 Å². The van der Waals surface area contributed by atoms with Crippen molar-refractivity contribution in [2.75, 3.05) is 13.1 Å². The van der Waals surface area contributed by atoms with Crippen LogP contribution in [0.15, 0.2) is 35.1 Å². The number of morpholine rings is 1. The second kappa shape index (κ2) is 7.12. The van der Waals surface area contributed by atoms with E-state index in [1.807, 2.05) is 30.3 Å². The summed E-state index contributed by atoms with van der Waals surface area (Å²) in [5.41, 5.74) is 1.73. The van der Waals surface area contributed by atoms with Crippen molar-refractivity contribution in [2.45, 2.75) is 32.6 Å². The van der Waals surface area contributed by atoms with Gasteiger partial charge in [0.05, 0.1) is 5.52 Å². The minimum atomic E-state index is -0.0658. The van der Waals surface area contributed by atoms with E-state index >= 15 is 0 Å². The second-order valence-corrected chi connectivity index (χ2v) is 8.43. The van der Waals surface area contributed by atoms with E-state index in [0.29, 0.717) is 16.3 Å². The van der Waals surface area contributed by atoms with Crippen LogP contribution in [0.1, 0.15) is 19.7 Å². The molecule has 136 valence electrons. The maximum absolute atomic E-state index is 12.5. The van der Waals surface area contributed by atoms with Crippen LogP contribution in [-0.2, 0) is 11.3 Å². The number of hydrogen-bond donors (Lipinski definition) is 2. The number of rotatable bonds is 3. The van der Waals surface area contributed by atoms with E-state index in [4.69, 9.17) is 21.3 Å². The smallest absolute Gasteiger partial charge is 0.269 e. The van der Waals surface area contributed by atoms with Crippen LogP contribution in [0.25, 0.3) is 20.7 Å². The van der Waals surface area contributed by atoms with Gasteiger partial charge in [-0.25, -0.2) is 4.98 Å². The highest BCUT2D eigenvalue weighted by Crippen LogP contribution is 2.31. The second-order valence-electron chi connectivity index (χ2n) is 6.94. The van der Waals surface area contributed by atoms with Crippen molar-refractivity contribution in [3.63, 3.8) is 0 Å². The summed E-state index contributed by atoms with van der Waals surface area (Å²) in [6.07, 6.45) is 0.448. The average Bonchev–Trinajstić information content (AvgIpc) is 2.99. The molecule has 0 radical (unpaired) electrons. The van der Waals surface area contributed by atoms with Gasteiger partial charge >= 0.3 is 0 Å². The van der Waals surface area contributed by atoms with Crippen molar-refractivity contribution >= 4 is 33.2 Å². The van der Waals surface area contributed by atoms with Gasteiger partial charge in [0.2, 0.25) is 0 Å². The third kappa shape index (κ3) is 3.69. The summed E-state index contributed by atoms with van der Waals surface area (Å²) >= 11 is 7.42. The topological polar surface area (TPSA) is 59.4 Å². The summed E-state index contributed by atoms with van der Waals surface area (Å²) in [5, 5.41) is 0.699. The molecule has 0 aliphatic carbocycles. The highest BCUT2D eigenvalue weighted by atomic mass is 35.5. The fraction of sp³-hybridized carbons (Fsp3) is 0.368. The van der Waals surface area contributed by atoms with Crippen molar-refractivity contribution in [3.05, 3.63) is 51.5 Å². The van der Waals surface area contributed by atoms with Gasteiger partial charge in [-0.15, -0.1) is 11.3 Å². The summed E-state index contributed by atoms with van der Waals surface area (Å²) < 4.78 is 6.45. The first-order valence-electron chi connectivity index (χ1n) is 8.75. The Balaban J connectivity index is 1.64. The fourth-order valence-electron chi connectivity index (χ4n) is 3.60. The molecule has 0 unspecified atom stereocenters. The van der Waals surface area contributed by atoms with Gasteiger partial charge < -0.3 is 14.6 Å². The Bertz CT molecular complexity index is 973. The number of aromatic amines is 1. The van der Waals surface area contributed by atoms with Crippen LogP contribution in [0.4, 0.5) is 0 Å². The number of thiophene rings is 1. The lowest BCUT2D eigenvalue weighted by atomic mass is 10.2. The Hall–Kier alpha value is -1.73. The predicted molar refractivity (Wildman–Crippen MR) is 105 cm³/mol. The van der Waals surface area contributed by atoms with Gasteiger partial charge in [-0.05, 0) is 37.6 Å². The van der Waals surface area contributed by atoms with Gasteiger partial charge in [0.1, 0.15) is 36.5 Å². The molecule has 1 aromatic carbocycles. The van der Waals surface area contributed by atoms with Crippen LogP contribution < -0.4 is 10.5 Å². The quantitative estimate of drug-likeness (QED) is 0.722. The molecule has 3 heterocycles. The number of ether oxygens (including phenoxy) is 1. The zero-order chi connectivity index (χ0) is 18.3. The van der Waals surface area contributed by atoms with Crippen LogP contribution in [-0.4, -0.2) is 35.3 Å². The number of halogens is 1. The largest absolute Gasteiger partial charge is 0.364 e. The van der Waals surface area contributed by atoms with Crippen LogP contribution in [0.2, 0.25) is 5.02 Å². The average molecular weight is 391 g/mol. The Morgan fingerprint density at radius 1 is 1.27 bits per heavy atom. The lowest BCUT2D eigenvalue weighted by molar-refractivity contribution is -0.928. The molecule has 0 spiro atoms. The number of aromatic nitrogens is 2.